The molecule has 2 heterocycles. The molecular weight excluding hydrogens is 269 g/mol. The molecule has 0 spiro atoms. The predicted octanol–water partition coefficient (Wildman–Crippen LogP) is 0.810. The second-order valence-corrected chi connectivity index (χ2v) is 6.07. The lowest BCUT2D eigenvalue weighted by molar-refractivity contribution is -0.0652. The van der Waals surface area contributed by atoms with Gasteiger partial charge >= 0.3 is 7.12 Å². The maximum absolute atomic E-state index is 13.1. The Hall–Kier alpha value is -0.985. The third-order valence-electron chi connectivity index (χ3n) is 3.80. The van der Waals surface area contributed by atoms with Gasteiger partial charge in [0.2, 0.25) is 0 Å². The highest BCUT2D eigenvalue weighted by Gasteiger charge is 2.52. The van der Waals surface area contributed by atoms with Gasteiger partial charge in [-0.3, -0.25) is 4.68 Å². The molecule has 5 nitrogen and oxygen atoms in total. The summed E-state index contributed by atoms with van der Waals surface area (Å²) in [6, 6.07) is 0. The van der Waals surface area contributed by atoms with Gasteiger partial charge in [-0.25, -0.2) is 8.78 Å². The maximum atomic E-state index is 13.1. The third-order valence-corrected chi connectivity index (χ3v) is 3.80. The highest BCUT2D eigenvalue weighted by atomic mass is 19.3. The van der Waals surface area contributed by atoms with Crippen LogP contribution in [0.2, 0.25) is 0 Å². The fraction of sp³-hybridized carbons (Fsp3) is 0.750. The van der Waals surface area contributed by atoms with E-state index in [1.54, 1.807) is 0 Å². The van der Waals surface area contributed by atoms with Crippen LogP contribution in [0.1, 0.15) is 27.7 Å². The van der Waals surface area contributed by atoms with Gasteiger partial charge in [0.05, 0.1) is 11.2 Å². The summed E-state index contributed by atoms with van der Waals surface area (Å²) in [5.74, 6) is -3.20. The molecule has 0 unspecified atom stereocenters. The van der Waals surface area contributed by atoms with Crippen molar-refractivity contribution >= 4 is 12.6 Å². The van der Waals surface area contributed by atoms with Crippen LogP contribution in [-0.2, 0) is 15.9 Å². The summed E-state index contributed by atoms with van der Waals surface area (Å²) < 4.78 is 38.9. The fourth-order valence-electron chi connectivity index (χ4n) is 1.85. The zero-order valence-corrected chi connectivity index (χ0v) is 12.1. The van der Waals surface area contributed by atoms with E-state index in [-0.39, 0.29) is 0 Å². The first kappa shape index (κ1) is 15.4. The molecule has 0 amide bonds. The topological polar surface area (TPSA) is 56.5 Å². The number of rotatable bonds is 4. The van der Waals surface area contributed by atoms with Gasteiger partial charge in [-0.1, -0.05) is 0 Å². The van der Waals surface area contributed by atoms with Crippen molar-refractivity contribution in [3.05, 3.63) is 12.4 Å². The van der Waals surface area contributed by atoms with Crippen LogP contribution in [0.4, 0.5) is 8.78 Å². The Labute approximate surface area is 117 Å². The summed E-state index contributed by atoms with van der Waals surface area (Å²) >= 11 is 0. The molecule has 1 fully saturated rings. The highest BCUT2D eigenvalue weighted by Crippen LogP contribution is 2.36. The standard InChI is InChI=1S/C12H19BF2N2O3/c1-10(2)11(3,4)20-13(19-10)9-5-16-17(6-9)7-12(14,15)8-18/h5-6,18H,7-8H2,1-4H3. The molecule has 1 saturated heterocycles. The molecule has 1 aromatic heterocycles. The van der Waals surface area contributed by atoms with Gasteiger partial charge in [-0.05, 0) is 27.7 Å². The predicted molar refractivity (Wildman–Crippen MR) is 70.0 cm³/mol. The van der Waals surface area contributed by atoms with Gasteiger partial charge < -0.3 is 14.4 Å². The normalized spacial score (nSPS) is 21.4. The van der Waals surface area contributed by atoms with Crippen LogP contribution < -0.4 is 5.46 Å². The molecule has 0 atom stereocenters. The molecule has 0 aliphatic carbocycles. The Morgan fingerprint density at radius 3 is 2.35 bits per heavy atom. The molecule has 8 heteroatoms. The quantitative estimate of drug-likeness (QED) is 0.833. The molecule has 0 radical (unpaired) electrons. The molecule has 20 heavy (non-hydrogen) atoms. The molecule has 2 rings (SSSR count). The fourth-order valence-corrected chi connectivity index (χ4v) is 1.85. The highest BCUT2D eigenvalue weighted by molar-refractivity contribution is 6.61. The molecule has 0 saturated carbocycles. The first-order chi connectivity index (χ1) is 9.06. The van der Waals surface area contributed by atoms with Crippen LogP contribution >= 0.6 is 0 Å². The summed E-state index contributed by atoms with van der Waals surface area (Å²) in [5.41, 5.74) is -0.402. The van der Waals surface area contributed by atoms with E-state index in [0.717, 1.165) is 4.68 Å². The maximum Gasteiger partial charge on any atom is 0.498 e. The van der Waals surface area contributed by atoms with Crippen LogP contribution in [0, 0.1) is 0 Å². The molecule has 0 bridgehead atoms. The Balaban J connectivity index is 2.11. The lowest BCUT2D eigenvalue weighted by atomic mass is 9.82. The molecular formula is C12H19BF2N2O3. The smallest absolute Gasteiger partial charge is 0.399 e. The van der Waals surface area contributed by atoms with Crippen molar-refractivity contribution in [3.63, 3.8) is 0 Å². The minimum atomic E-state index is -3.20. The minimum absolute atomic E-state index is 0.491. The SMILES string of the molecule is CC1(C)OB(c2cnn(CC(F)(F)CO)c2)OC1(C)C. The summed E-state index contributed by atoms with van der Waals surface area (Å²) in [7, 11) is -0.628. The van der Waals surface area contributed by atoms with Crippen LogP contribution in [-0.4, -0.2) is 45.7 Å². The van der Waals surface area contributed by atoms with Gasteiger partial charge in [0.15, 0.2) is 0 Å². The van der Waals surface area contributed by atoms with Crippen molar-refractivity contribution in [3.8, 4) is 0 Å². The number of nitrogens with zero attached hydrogens (tertiary/aromatic N) is 2. The van der Waals surface area contributed by atoms with E-state index in [0.29, 0.717) is 5.46 Å². The summed E-state index contributed by atoms with van der Waals surface area (Å²) in [5, 5.41) is 12.4. The van der Waals surface area contributed by atoms with E-state index < -0.39 is 37.4 Å². The summed E-state index contributed by atoms with van der Waals surface area (Å²) in [6.07, 6.45) is 2.89. The van der Waals surface area contributed by atoms with Crippen LogP contribution in [0.15, 0.2) is 12.4 Å². The second kappa shape index (κ2) is 4.78. The van der Waals surface area contributed by atoms with Crippen LogP contribution in [0.25, 0.3) is 0 Å². The molecule has 1 aromatic rings. The van der Waals surface area contributed by atoms with Crippen molar-refractivity contribution in [2.24, 2.45) is 0 Å². The zero-order valence-electron chi connectivity index (χ0n) is 12.1. The van der Waals surface area contributed by atoms with Gasteiger partial charge in [0.25, 0.3) is 5.92 Å². The number of aromatic nitrogens is 2. The van der Waals surface area contributed by atoms with Gasteiger partial charge in [-0.15, -0.1) is 0 Å². The Bertz CT molecular complexity index is 475. The van der Waals surface area contributed by atoms with E-state index >= 15 is 0 Å². The van der Waals surface area contributed by atoms with E-state index in [2.05, 4.69) is 5.10 Å². The number of halogens is 2. The molecule has 112 valence electrons. The molecule has 1 N–H and O–H groups in total. The summed E-state index contributed by atoms with van der Waals surface area (Å²) in [4.78, 5) is 0. The van der Waals surface area contributed by atoms with Crippen molar-refractivity contribution in [1.29, 1.82) is 0 Å². The number of alkyl halides is 2. The number of aliphatic hydroxyl groups excluding tert-OH is 1. The van der Waals surface area contributed by atoms with Gasteiger partial charge in [0, 0.05) is 17.9 Å². The number of hydrogen-bond acceptors (Lipinski definition) is 4. The third kappa shape index (κ3) is 2.87. The first-order valence-corrected chi connectivity index (χ1v) is 6.43. The molecule has 1 aliphatic rings. The van der Waals surface area contributed by atoms with Crippen LogP contribution in [0.5, 0.6) is 0 Å². The lowest BCUT2D eigenvalue weighted by Gasteiger charge is -2.32. The van der Waals surface area contributed by atoms with E-state index in [4.69, 9.17) is 14.4 Å². The number of hydrogen-bond donors (Lipinski definition) is 1. The average molecular weight is 288 g/mol. The monoisotopic (exact) mass is 288 g/mol. The van der Waals surface area contributed by atoms with Crippen molar-refractivity contribution < 1.29 is 23.2 Å². The first-order valence-electron chi connectivity index (χ1n) is 6.43. The van der Waals surface area contributed by atoms with Crippen molar-refractivity contribution in [2.75, 3.05) is 6.61 Å². The lowest BCUT2D eigenvalue weighted by Crippen LogP contribution is -2.41. The average Bonchev–Trinajstić information content (AvgIpc) is 2.82. The Morgan fingerprint density at radius 1 is 1.30 bits per heavy atom. The summed E-state index contributed by atoms with van der Waals surface area (Å²) in [6.45, 7) is 5.77. The van der Waals surface area contributed by atoms with Crippen molar-refractivity contribution in [2.45, 2.75) is 51.4 Å². The van der Waals surface area contributed by atoms with Crippen LogP contribution in [0.3, 0.4) is 0 Å². The minimum Gasteiger partial charge on any atom is -0.399 e. The largest absolute Gasteiger partial charge is 0.498 e. The van der Waals surface area contributed by atoms with Crippen molar-refractivity contribution in [1.82, 2.24) is 9.78 Å². The molecule has 1 aliphatic heterocycles. The number of aliphatic hydroxyl groups is 1. The Morgan fingerprint density at radius 2 is 1.85 bits per heavy atom. The van der Waals surface area contributed by atoms with E-state index in [9.17, 15) is 8.78 Å². The van der Waals surface area contributed by atoms with Gasteiger partial charge in [-0.2, -0.15) is 5.10 Å². The van der Waals surface area contributed by atoms with Gasteiger partial charge in [0.1, 0.15) is 13.2 Å². The molecule has 0 aromatic carbocycles. The van der Waals surface area contributed by atoms with E-state index in [1.807, 2.05) is 27.7 Å². The zero-order chi connectivity index (χ0) is 15.2. The Kier molecular flexibility index (Phi) is 3.69. The second-order valence-electron chi connectivity index (χ2n) is 6.07. The van der Waals surface area contributed by atoms with E-state index in [1.165, 1.54) is 12.4 Å².